The van der Waals surface area contributed by atoms with Crippen molar-refractivity contribution in [3.05, 3.63) is 41.0 Å². The summed E-state index contributed by atoms with van der Waals surface area (Å²) in [5.41, 5.74) is 0.911. The van der Waals surface area contributed by atoms with Gasteiger partial charge in [-0.25, -0.2) is 0 Å². The normalized spacial score (nSPS) is 10.6. The van der Waals surface area contributed by atoms with Crippen LogP contribution in [-0.4, -0.2) is 28.7 Å². The summed E-state index contributed by atoms with van der Waals surface area (Å²) in [6.45, 7) is 0.548. The number of nitrogens with one attached hydrogen (secondary N) is 1. The number of benzene rings is 1. The number of hydrogen-bond acceptors (Lipinski definition) is 4. The number of carboxylic acids is 1. The monoisotopic (exact) mass is 364 g/mol. The second-order valence-electron chi connectivity index (χ2n) is 5.72. The zero-order valence-electron chi connectivity index (χ0n) is 13.8. The van der Waals surface area contributed by atoms with E-state index in [2.05, 4.69) is 10.5 Å². The van der Waals surface area contributed by atoms with Crippen molar-refractivity contribution in [1.29, 1.82) is 0 Å². The summed E-state index contributed by atoms with van der Waals surface area (Å²) in [7, 11) is 0. The summed E-state index contributed by atoms with van der Waals surface area (Å²) in [6, 6.07) is 8.77. The van der Waals surface area contributed by atoms with Crippen LogP contribution >= 0.6 is 11.6 Å². The van der Waals surface area contributed by atoms with Gasteiger partial charge in [-0.3, -0.25) is 9.59 Å². The van der Waals surface area contributed by atoms with Crippen molar-refractivity contribution >= 4 is 23.5 Å². The number of unbranched alkanes of at least 4 members (excludes halogenated alkanes) is 4. The van der Waals surface area contributed by atoms with Crippen LogP contribution in [0.2, 0.25) is 5.02 Å². The number of hydrogen-bond donors (Lipinski definition) is 2. The minimum absolute atomic E-state index is 0.219. The van der Waals surface area contributed by atoms with Gasteiger partial charge in [-0.15, -0.1) is 0 Å². The quantitative estimate of drug-likeness (QED) is 0.618. The third kappa shape index (κ3) is 6.23. The van der Waals surface area contributed by atoms with Crippen LogP contribution in [0.25, 0.3) is 11.3 Å². The van der Waals surface area contributed by atoms with E-state index in [0.29, 0.717) is 29.3 Å². The van der Waals surface area contributed by atoms with Crippen LogP contribution in [0.3, 0.4) is 0 Å². The lowest BCUT2D eigenvalue weighted by molar-refractivity contribution is -0.137. The maximum absolute atomic E-state index is 12.1. The lowest BCUT2D eigenvalue weighted by Crippen LogP contribution is -2.24. The van der Waals surface area contributed by atoms with Crippen LogP contribution in [-0.2, 0) is 4.79 Å². The van der Waals surface area contributed by atoms with Crippen LogP contribution in [0.5, 0.6) is 0 Å². The van der Waals surface area contributed by atoms with E-state index in [0.717, 1.165) is 25.7 Å². The average molecular weight is 365 g/mol. The molecule has 0 aliphatic heterocycles. The molecule has 0 saturated carbocycles. The molecule has 0 aliphatic carbocycles. The molecule has 0 spiro atoms. The molecule has 2 aromatic rings. The van der Waals surface area contributed by atoms with E-state index in [1.807, 2.05) is 12.1 Å². The van der Waals surface area contributed by atoms with Crippen molar-refractivity contribution in [2.24, 2.45) is 0 Å². The summed E-state index contributed by atoms with van der Waals surface area (Å²) in [5.74, 6) is -0.585. The molecular formula is C18H21ClN2O4. The standard InChI is InChI=1S/C18H21ClN2O4/c19-14-9-6-5-8-13(14)16-12-15(21-25-16)18(24)20-11-7-3-1-2-4-10-17(22)23/h5-6,8-9,12H,1-4,7,10-11H2,(H,20,24)(H,22,23). The highest BCUT2D eigenvalue weighted by atomic mass is 35.5. The molecule has 25 heavy (non-hydrogen) atoms. The molecule has 0 unspecified atom stereocenters. The first-order valence-corrected chi connectivity index (χ1v) is 8.67. The molecule has 1 aromatic carbocycles. The van der Waals surface area contributed by atoms with Crippen LogP contribution in [0, 0.1) is 0 Å². The first-order valence-electron chi connectivity index (χ1n) is 8.29. The van der Waals surface area contributed by atoms with E-state index in [1.54, 1.807) is 18.2 Å². The molecule has 7 heteroatoms. The summed E-state index contributed by atoms with van der Waals surface area (Å²) in [6.07, 6.45) is 4.56. The van der Waals surface area contributed by atoms with Gasteiger partial charge in [0.05, 0.1) is 5.02 Å². The Morgan fingerprint density at radius 2 is 1.84 bits per heavy atom. The summed E-state index contributed by atoms with van der Waals surface area (Å²) < 4.78 is 5.20. The van der Waals surface area contributed by atoms with Gasteiger partial charge < -0.3 is 14.9 Å². The average Bonchev–Trinajstić information content (AvgIpc) is 3.07. The zero-order chi connectivity index (χ0) is 18.1. The number of aliphatic carboxylic acids is 1. The number of carboxylic acid groups (broad SMARTS) is 1. The van der Waals surface area contributed by atoms with Gasteiger partial charge in [-0.2, -0.15) is 0 Å². The predicted octanol–water partition coefficient (Wildman–Crippen LogP) is 4.15. The number of carbonyl (C=O) groups excluding carboxylic acids is 1. The maximum atomic E-state index is 12.1. The van der Waals surface area contributed by atoms with Crippen LogP contribution in [0.4, 0.5) is 0 Å². The fraction of sp³-hybridized carbons (Fsp3) is 0.389. The minimum Gasteiger partial charge on any atom is -0.481 e. The second-order valence-corrected chi connectivity index (χ2v) is 6.13. The van der Waals surface area contributed by atoms with E-state index in [1.165, 1.54) is 0 Å². The number of amides is 1. The third-order valence-electron chi connectivity index (χ3n) is 3.74. The maximum Gasteiger partial charge on any atom is 0.303 e. The van der Waals surface area contributed by atoms with Crippen LogP contribution in [0.1, 0.15) is 49.0 Å². The Labute approximate surface area is 151 Å². The topological polar surface area (TPSA) is 92.4 Å². The Morgan fingerprint density at radius 1 is 1.12 bits per heavy atom. The SMILES string of the molecule is O=C(O)CCCCCCCNC(=O)c1cc(-c2ccccc2Cl)on1. The van der Waals surface area contributed by atoms with E-state index in [4.69, 9.17) is 21.2 Å². The summed E-state index contributed by atoms with van der Waals surface area (Å²) in [5, 5.41) is 15.7. The van der Waals surface area contributed by atoms with Gasteiger partial charge in [-0.1, -0.05) is 48.2 Å². The third-order valence-corrected chi connectivity index (χ3v) is 4.06. The Balaban J connectivity index is 1.70. The van der Waals surface area contributed by atoms with Crippen molar-refractivity contribution < 1.29 is 19.2 Å². The van der Waals surface area contributed by atoms with Gasteiger partial charge in [0.15, 0.2) is 11.5 Å². The lowest BCUT2D eigenvalue weighted by Gasteiger charge is -2.02. The van der Waals surface area contributed by atoms with Crippen molar-refractivity contribution in [2.75, 3.05) is 6.54 Å². The van der Waals surface area contributed by atoms with Gasteiger partial charge in [0.25, 0.3) is 5.91 Å². The molecule has 0 aliphatic rings. The Kier molecular flexibility index (Phi) is 7.47. The highest BCUT2D eigenvalue weighted by Crippen LogP contribution is 2.27. The molecule has 2 rings (SSSR count). The van der Waals surface area contributed by atoms with E-state index < -0.39 is 5.97 Å². The molecule has 0 atom stereocenters. The fourth-order valence-electron chi connectivity index (χ4n) is 2.39. The fourth-order valence-corrected chi connectivity index (χ4v) is 2.62. The first kappa shape index (κ1) is 19.0. The molecule has 0 radical (unpaired) electrons. The zero-order valence-corrected chi connectivity index (χ0v) is 14.6. The molecule has 134 valence electrons. The van der Waals surface area contributed by atoms with Crippen molar-refractivity contribution in [2.45, 2.75) is 38.5 Å². The minimum atomic E-state index is -0.754. The predicted molar refractivity (Wildman–Crippen MR) is 94.6 cm³/mol. The highest BCUT2D eigenvalue weighted by molar-refractivity contribution is 6.33. The number of halogens is 1. The summed E-state index contributed by atoms with van der Waals surface area (Å²) >= 11 is 6.10. The van der Waals surface area contributed by atoms with Crippen LogP contribution in [0.15, 0.2) is 34.9 Å². The van der Waals surface area contributed by atoms with Crippen LogP contribution < -0.4 is 5.32 Å². The molecule has 1 amide bonds. The molecule has 1 heterocycles. The summed E-state index contributed by atoms with van der Waals surface area (Å²) in [4.78, 5) is 22.4. The van der Waals surface area contributed by atoms with Gasteiger partial charge in [-0.05, 0) is 25.0 Å². The molecular weight excluding hydrogens is 344 g/mol. The van der Waals surface area contributed by atoms with Gasteiger partial charge in [0, 0.05) is 24.6 Å². The number of aromatic nitrogens is 1. The Hall–Kier alpha value is -2.34. The van der Waals surface area contributed by atoms with Crippen molar-refractivity contribution in [3.8, 4) is 11.3 Å². The second kappa shape index (κ2) is 9.84. The molecule has 6 nitrogen and oxygen atoms in total. The lowest BCUT2D eigenvalue weighted by atomic mass is 10.1. The van der Waals surface area contributed by atoms with Gasteiger partial charge in [0.2, 0.25) is 0 Å². The number of carbonyl (C=O) groups is 2. The first-order chi connectivity index (χ1) is 12.1. The van der Waals surface area contributed by atoms with E-state index in [-0.39, 0.29) is 18.0 Å². The highest BCUT2D eigenvalue weighted by Gasteiger charge is 2.14. The molecule has 0 saturated heterocycles. The van der Waals surface area contributed by atoms with Gasteiger partial charge in [0.1, 0.15) is 0 Å². The van der Waals surface area contributed by atoms with Crippen molar-refractivity contribution in [3.63, 3.8) is 0 Å². The smallest absolute Gasteiger partial charge is 0.303 e. The molecule has 1 aromatic heterocycles. The van der Waals surface area contributed by atoms with Gasteiger partial charge >= 0.3 is 5.97 Å². The van der Waals surface area contributed by atoms with E-state index in [9.17, 15) is 9.59 Å². The Bertz CT molecular complexity index is 715. The Morgan fingerprint density at radius 3 is 2.60 bits per heavy atom. The number of rotatable bonds is 10. The van der Waals surface area contributed by atoms with E-state index >= 15 is 0 Å². The number of nitrogens with zero attached hydrogens (tertiary/aromatic N) is 1. The molecule has 0 fully saturated rings. The van der Waals surface area contributed by atoms with Crippen molar-refractivity contribution in [1.82, 2.24) is 10.5 Å². The molecule has 0 bridgehead atoms. The largest absolute Gasteiger partial charge is 0.481 e. The molecule has 2 N–H and O–H groups in total.